The number of rotatable bonds is 3. The van der Waals surface area contributed by atoms with Crippen LogP contribution < -0.4 is 5.32 Å². The van der Waals surface area contributed by atoms with E-state index in [0.717, 1.165) is 0 Å². The number of ether oxygens (including phenoxy) is 1. The van der Waals surface area contributed by atoms with Crippen molar-refractivity contribution in [3.63, 3.8) is 0 Å². The Morgan fingerprint density at radius 1 is 1.56 bits per heavy atom. The van der Waals surface area contributed by atoms with E-state index < -0.39 is 18.9 Å². The molecular formula is C7H8F3N3O3. The van der Waals surface area contributed by atoms with E-state index in [2.05, 4.69) is 19.4 Å². The maximum absolute atomic E-state index is 11.6. The van der Waals surface area contributed by atoms with Crippen LogP contribution >= 0.6 is 0 Å². The maximum atomic E-state index is 11.6. The highest BCUT2D eigenvalue weighted by Gasteiger charge is 2.29. The van der Waals surface area contributed by atoms with Gasteiger partial charge in [-0.25, -0.2) is 4.79 Å². The molecule has 0 radical (unpaired) electrons. The predicted octanol–water partition coefficient (Wildman–Crippen LogP) is 1.17. The molecule has 0 atom stereocenters. The van der Waals surface area contributed by atoms with Gasteiger partial charge in [0.15, 0.2) is 12.4 Å². The third kappa shape index (κ3) is 4.62. The van der Waals surface area contributed by atoms with Crippen LogP contribution in [0.4, 0.5) is 18.0 Å². The lowest BCUT2D eigenvalue weighted by molar-refractivity contribution is -0.160. The molecule has 0 unspecified atom stereocenters. The number of carbonyl (C=O) groups excluding carboxylic acids is 1. The standard InChI is InChI=1S/C7H8F3N3O3/c1-4-12-5(13-16-4)2-11-6(14)15-3-7(8,9)10/h2-3H2,1H3,(H,11,14). The Labute approximate surface area is 87.8 Å². The van der Waals surface area contributed by atoms with E-state index in [1.807, 2.05) is 5.32 Å². The van der Waals surface area contributed by atoms with Gasteiger partial charge in [0.2, 0.25) is 5.89 Å². The van der Waals surface area contributed by atoms with Crippen molar-refractivity contribution in [2.45, 2.75) is 19.6 Å². The molecule has 9 heteroatoms. The highest BCUT2D eigenvalue weighted by atomic mass is 19.4. The molecule has 1 rings (SSSR count). The summed E-state index contributed by atoms with van der Waals surface area (Å²) < 4.78 is 43.4. The largest absolute Gasteiger partial charge is 0.440 e. The lowest BCUT2D eigenvalue weighted by Gasteiger charge is -2.07. The first kappa shape index (κ1) is 12.3. The van der Waals surface area contributed by atoms with E-state index in [0.29, 0.717) is 5.89 Å². The van der Waals surface area contributed by atoms with Crippen LogP contribution in [0.3, 0.4) is 0 Å². The summed E-state index contributed by atoms with van der Waals surface area (Å²) in [6.45, 7) is -0.253. The van der Waals surface area contributed by atoms with Gasteiger partial charge in [-0.05, 0) is 0 Å². The number of carbonyl (C=O) groups is 1. The monoisotopic (exact) mass is 239 g/mol. The summed E-state index contributed by atoms with van der Waals surface area (Å²) in [6, 6.07) is 0. The third-order valence-electron chi connectivity index (χ3n) is 1.33. The number of amides is 1. The number of aromatic nitrogens is 2. The molecule has 0 aromatic carbocycles. The zero-order valence-electron chi connectivity index (χ0n) is 8.17. The number of nitrogens with one attached hydrogen (secondary N) is 1. The molecule has 1 amide bonds. The molecule has 0 bridgehead atoms. The minimum Gasteiger partial charge on any atom is -0.440 e. The van der Waals surface area contributed by atoms with Crippen molar-refractivity contribution >= 4 is 6.09 Å². The zero-order valence-corrected chi connectivity index (χ0v) is 8.17. The summed E-state index contributed by atoms with van der Waals surface area (Å²) in [5.74, 6) is 0.446. The van der Waals surface area contributed by atoms with Crippen molar-refractivity contribution < 1.29 is 27.2 Å². The second kappa shape index (κ2) is 4.81. The van der Waals surface area contributed by atoms with Gasteiger partial charge < -0.3 is 14.6 Å². The van der Waals surface area contributed by atoms with Crippen LogP contribution in [0.1, 0.15) is 11.7 Å². The van der Waals surface area contributed by atoms with E-state index in [4.69, 9.17) is 0 Å². The molecule has 1 heterocycles. The minimum absolute atomic E-state index is 0.154. The molecule has 0 fully saturated rings. The molecule has 1 aromatic rings. The van der Waals surface area contributed by atoms with Crippen molar-refractivity contribution in [1.82, 2.24) is 15.5 Å². The molecule has 90 valence electrons. The summed E-state index contributed by atoms with van der Waals surface area (Å²) in [7, 11) is 0. The molecule has 0 aliphatic carbocycles. The molecule has 0 aliphatic heterocycles. The van der Waals surface area contributed by atoms with E-state index in [9.17, 15) is 18.0 Å². The average Bonchev–Trinajstić information content (AvgIpc) is 2.57. The fourth-order valence-corrected chi connectivity index (χ4v) is 0.763. The van der Waals surface area contributed by atoms with Crippen LogP contribution in [0.25, 0.3) is 0 Å². The van der Waals surface area contributed by atoms with E-state index in [1.165, 1.54) is 0 Å². The third-order valence-corrected chi connectivity index (χ3v) is 1.33. The number of aryl methyl sites for hydroxylation is 1. The van der Waals surface area contributed by atoms with Crippen LogP contribution in [0.15, 0.2) is 4.52 Å². The van der Waals surface area contributed by atoms with Gasteiger partial charge in [-0.15, -0.1) is 0 Å². The van der Waals surface area contributed by atoms with Crippen LogP contribution in [-0.2, 0) is 11.3 Å². The van der Waals surface area contributed by atoms with Crippen molar-refractivity contribution in [2.24, 2.45) is 0 Å². The van der Waals surface area contributed by atoms with Gasteiger partial charge in [0.05, 0.1) is 6.54 Å². The molecular weight excluding hydrogens is 231 g/mol. The van der Waals surface area contributed by atoms with Gasteiger partial charge in [-0.2, -0.15) is 18.2 Å². The Kier molecular flexibility index (Phi) is 3.69. The molecule has 16 heavy (non-hydrogen) atoms. The van der Waals surface area contributed by atoms with Gasteiger partial charge in [0, 0.05) is 6.92 Å². The second-order valence-electron chi connectivity index (χ2n) is 2.77. The van der Waals surface area contributed by atoms with Crippen molar-refractivity contribution in [3.8, 4) is 0 Å². The Hall–Kier alpha value is -1.80. The molecule has 0 spiro atoms. The summed E-state index contributed by atoms with van der Waals surface area (Å²) >= 11 is 0. The topological polar surface area (TPSA) is 77.2 Å². The first-order valence-electron chi connectivity index (χ1n) is 4.13. The fraction of sp³-hybridized carbons (Fsp3) is 0.571. The Morgan fingerprint density at radius 3 is 2.75 bits per heavy atom. The smallest absolute Gasteiger partial charge is 0.422 e. The number of alkyl halides is 3. The van der Waals surface area contributed by atoms with E-state index in [1.54, 1.807) is 6.92 Å². The minimum atomic E-state index is -4.54. The normalized spacial score (nSPS) is 11.2. The molecule has 6 nitrogen and oxygen atoms in total. The highest BCUT2D eigenvalue weighted by molar-refractivity contribution is 5.66. The van der Waals surface area contributed by atoms with Crippen molar-refractivity contribution in [3.05, 3.63) is 11.7 Å². The number of nitrogens with zero attached hydrogens (tertiary/aromatic N) is 2. The average molecular weight is 239 g/mol. The first-order chi connectivity index (χ1) is 7.37. The molecule has 0 saturated carbocycles. The molecule has 1 N–H and O–H groups in total. The van der Waals surface area contributed by atoms with Crippen molar-refractivity contribution in [2.75, 3.05) is 6.61 Å². The van der Waals surface area contributed by atoms with Gasteiger partial charge in [0.1, 0.15) is 0 Å². The van der Waals surface area contributed by atoms with Crippen LogP contribution in [0.5, 0.6) is 0 Å². The molecule has 0 saturated heterocycles. The lowest BCUT2D eigenvalue weighted by Crippen LogP contribution is -2.28. The number of halogens is 3. The van der Waals surface area contributed by atoms with Crippen LogP contribution in [-0.4, -0.2) is 29.0 Å². The number of alkyl carbamates (subject to hydrolysis) is 1. The van der Waals surface area contributed by atoms with E-state index >= 15 is 0 Å². The fourth-order valence-electron chi connectivity index (χ4n) is 0.763. The zero-order chi connectivity index (χ0) is 12.2. The summed E-state index contributed by atoms with van der Waals surface area (Å²) in [4.78, 5) is 14.5. The number of hydrogen-bond acceptors (Lipinski definition) is 5. The summed E-state index contributed by atoms with van der Waals surface area (Å²) in [5.41, 5.74) is 0. The lowest BCUT2D eigenvalue weighted by atomic mass is 10.6. The van der Waals surface area contributed by atoms with Gasteiger partial charge in [-0.1, -0.05) is 5.16 Å². The summed E-state index contributed by atoms with van der Waals surface area (Å²) in [6.07, 6.45) is -5.74. The Balaban J connectivity index is 2.25. The van der Waals surface area contributed by atoms with Crippen LogP contribution in [0.2, 0.25) is 0 Å². The first-order valence-corrected chi connectivity index (χ1v) is 4.13. The highest BCUT2D eigenvalue weighted by Crippen LogP contribution is 2.14. The van der Waals surface area contributed by atoms with Crippen molar-refractivity contribution in [1.29, 1.82) is 0 Å². The van der Waals surface area contributed by atoms with Gasteiger partial charge in [0.25, 0.3) is 0 Å². The molecule has 0 aliphatic rings. The Morgan fingerprint density at radius 2 is 2.25 bits per heavy atom. The maximum Gasteiger partial charge on any atom is 0.422 e. The predicted molar refractivity (Wildman–Crippen MR) is 43.3 cm³/mol. The quantitative estimate of drug-likeness (QED) is 0.856. The SMILES string of the molecule is Cc1nc(CNC(=O)OCC(F)(F)F)no1. The second-order valence-corrected chi connectivity index (χ2v) is 2.77. The molecule has 1 aromatic heterocycles. The Bertz CT molecular complexity index is 363. The van der Waals surface area contributed by atoms with E-state index in [-0.39, 0.29) is 12.4 Å². The van der Waals surface area contributed by atoms with Gasteiger partial charge >= 0.3 is 12.3 Å². The van der Waals surface area contributed by atoms with Crippen LogP contribution in [0, 0.1) is 6.92 Å². The number of hydrogen-bond donors (Lipinski definition) is 1. The summed E-state index contributed by atoms with van der Waals surface area (Å²) in [5, 5.41) is 5.46. The van der Waals surface area contributed by atoms with Gasteiger partial charge in [-0.3, -0.25) is 0 Å².